The second kappa shape index (κ2) is 6.49. The zero-order chi connectivity index (χ0) is 16.4. The maximum absolute atomic E-state index is 12.5. The standard InChI is InChI=1S/C17H22ClN3O2/c1-21(11-15(22)20-13-4-2-3-12(18)9-13)16(23)14-10-17(14)5-7-19-8-6-17/h2-4,9,14,19H,5-8,10-11H2,1H3,(H,20,22). The minimum atomic E-state index is -0.205. The van der Waals surface area contributed by atoms with Gasteiger partial charge in [0.25, 0.3) is 0 Å². The van der Waals surface area contributed by atoms with Crippen molar-refractivity contribution in [3.05, 3.63) is 29.3 Å². The van der Waals surface area contributed by atoms with Gasteiger partial charge in [-0.1, -0.05) is 17.7 Å². The normalized spacial score (nSPS) is 21.7. The highest BCUT2D eigenvalue weighted by atomic mass is 35.5. The number of halogens is 1. The molecular formula is C17H22ClN3O2. The topological polar surface area (TPSA) is 61.4 Å². The monoisotopic (exact) mass is 335 g/mol. The number of amides is 2. The molecule has 1 atom stereocenters. The van der Waals surface area contributed by atoms with Crippen molar-refractivity contribution in [1.82, 2.24) is 10.2 Å². The highest BCUT2D eigenvalue weighted by molar-refractivity contribution is 6.30. The maximum Gasteiger partial charge on any atom is 0.243 e. The van der Waals surface area contributed by atoms with E-state index in [0.717, 1.165) is 32.4 Å². The molecule has 1 saturated heterocycles. The van der Waals surface area contributed by atoms with Gasteiger partial charge in [0.15, 0.2) is 0 Å². The van der Waals surface area contributed by atoms with E-state index < -0.39 is 0 Å². The number of nitrogens with zero attached hydrogens (tertiary/aromatic N) is 1. The van der Waals surface area contributed by atoms with E-state index in [1.165, 1.54) is 0 Å². The first-order valence-corrected chi connectivity index (χ1v) is 8.39. The van der Waals surface area contributed by atoms with Crippen LogP contribution >= 0.6 is 11.6 Å². The van der Waals surface area contributed by atoms with Crippen molar-refractivity contribution in [2.45, 2.75) is 19.3 Å². The number of hydrogen-bond donors (Lipinski definition) is 2. The molecule has 0 radical (unpaired) electrons. The average molecular weight is 336 g/mol. The van der Waals surface area contributed by atoms with Gasteiger partial charge in [0.2, 0.25) is 11.8 Å². The third-order valence-electron chi connectivity index (χ3n) is 4.95. The van der Waals surface area contributed by atoms with Gasteiger partial charge in [-0.05, 0) is 56.0 Å². The van der Waals surface area contributed by atoms with Crippen LogP contribution in [-0.4, -0.2) is 43.4 Å². The van der Waals surface area contributed by atoms with Gasteiger partial charge in [-0.2, -0.15) is 0 Å². The van der Waals surface area contributed by atoms with E-state index in [2.05, 4.69) is 10.6 Å². The number of benzene rings is 1. The fourth-order valence-electron chi connectivity index (χ4n) is 3.50. The first-order chi connectivity index (χ1) is 11.0. The van der Waals surface area contributed by atoms with E-state index in [4.69, 9.17) is 11.6 Å². The van der Waals surface area contributed by atoms with Crippen molar-refractivity contribution in [1.29, 1.82) is 0 Å². The van der Waals surface area contributed by atoms with E-state index in [1.807, 2.05) is 0 Å². The highest BCUT2D eigenvalue weighted by Crippen LogP contribution is 2.59. The predicted octanol–water partition coefficient (Wildman–Crippen LogP) is 2.13. The van der Waals surface area contributed by atoms with Gasteiger partial charge in [-0.15, -0.1) is 0 Å². The molecule has 1 aliphatic heterocycles. The second-order valence-corrected chi connectivity index (χ2v) is 7.06. The van der Waals surface area contributed by atoms with Crippen molar-refractivity contribution in [2.75, 3.05) is 32.0 Å². The Morgan fingerprint density at radius 2 is 2.13 bits per heavy atom. The molecule has 3 rings (SSSR count). The number of hydrogen-bond acceptors (Lipinski definition) is 3. The summed E-state index contributed by atoms with van der Waals surface area (Å²) in [5, 5.41) is 6.67. The molecule has 1 unspecified atom stereocenters. The van der Waals surface area contributed by atoms with E-state index in [9.17, 15) is 9.59 Å². The van der Waals surface area contributed by atoms with Crippen molar-refractivity contribution < 1.29 is 9.59 Å². The van der Waals surface area contributed by atoms with Crippen LogP contribution in [0.25, 0.3) is 0 Å². The Morgan fingerprint density at radius 1 is 1.39 bits per heavy atom. The fourth-order valence-corrected chi connectivity index (χ4v) is 3.69. The molecule has 1 spiro atoms. The van der Waals surface area contributed by atoms with Gasteiger partial charge < -0.3 is 15.5 Å². The second-order valence-electron chi connectivity index (χ2n) is 6.62. The summed E-state index contributed by atoms with van der Waals surface area (Å²) in [6.07, 6.45) is 3.09. The summed E-state index contributed by atoms with van der Waals surface area (Å²) in [5.74, 6) is -0.0233. The lowest BCUT2D eigenvalue weighted by molar-refractivity contribution is -0.135. The van der Waals surface area contributed by atoms with Crippen LogP contribution in [0.2, 0.25) is 5.02 Å². The fraction of sp³-hybridized carbons (Fsp3) is 0.529. The van der Waals surface area contributed by atoms with Crippen LogP contribution in [0.1, 0.15) is 19.3 Å². The third-order valence-corrected chi connectivity index (χ3v) is 5.19. The Hall–Kier alpha value is -1.59. The summed E-state index contributed by atoms with van der Waals surface area (Å²) < 4.78 is 0. The summed E-state index contributed by atoms with van der Waals surface area (Å²) in [7, 11) is 1.70. The molecular weight excluding hydrogens is 314 g/mol. The van der Waals surface area contributed by atoms with Crippen LogP contribution in [0, 0.1) is 11.3 Å². The number of piperidine rings is 1. The highest BCUT2D eigenvalue weighted by Gasteiger charge is 2.58. The molecule has 0 aromatic heterocycles. The largest absolute Gasteiger partial charge is 0.336 e. The first-order valence-electron chi connectivity index (χ1n) is 8.01. The summed E-state index contributed by atoms with van der Waals surface area (Å²) in [6, 6.07) is 6.99. The van der Waals surface area contributed by atoms with Crippen molar-refractivity contribution in [3.63, 3.8) is 0 Å². The van der Waals surface area contributed by atoms with Gasteiger partial charge >= 0.3 is 0 Å². The summed E-state index contributed by atoms with van der Waals surface area (Å²) in [6.45, 7) is 2.04. The van der Waals surface area contributed by atoms with Gasteiger partial charge in [0.1, 0.15) is 0 Å². The summed E-state index contributed by atoms with van der Waals surface area (Å²) in [4.78, 5) is 26.2. The van der Waals surface area contributed by atoms with Gasteiger partial charge in [0.05, 0.1) is 6.54 Å². The molecule has 1 saturated carbocycles. The van der Waals surface area contributed by atoms with Gasteiger partial charge in [-0.25, -0.2) is 0 Å². The molecule has 0 bridgehead atoms. The van der Waals surface area contributed by atoms with Crippen molar-refractivity contribution in [3.8, 4) is 0 Å². The molecule has 5 nitrogen and oxygen atoms in total. The minimum absolute atomic E-state index is 0.0657. The molecule has 23 heavy (non-hydrogen) atoms. The van der Waals surface area contributed by atoms with Crippen LogP contribution in [0.4, 0.5) is 5.69 Å². The number of likely N-dealkylation sites (N-methyl/N-ethyl adjacent to an activating group) is 1. The number of rotatable bonds is 4. The van der Waals surface area contributed by atoms with Crippen LogP contribution in [-0.2, 0) is 9.59 Å². The molecule has 1 heterocycles. The zero-order valence-corrected chi connectivity index (χ0v) is 14.0. The first kappa shape index (κ1) is 16.3. The van der Waals surface area contributed by atoms with Crippen molar-refractivity contribution in [2.24, 2.45) is 11.3 Å². The van der Waals surface area contributed by atoms with Crippen LogP contribution < -0.4 is 10.6 Å². The third kappa shape index (κ3) is 3.67. The molecule has 1 aromatic carbocycles. The van der Waals surface area contributed by atoms with E-state index in [-0.39, 0.29) is 29.7 Å². The lowest BCUT2D eigenvalue weighted by atomic mass is 9.91. The Morgan fingerprint density at radius 3 is 2.83 bits per heavy atom. The zero-order valence-electron chi connectivity index (χ0n) is 13.3. The predicted molar refractivity (Wildman–Crippen MR) is 90.4 cm³/mol. The maximum atomic E-state index is 12.5. The van der Waals surface area contributed by atoms with Crippen molar-refractivity contribution >= 4 is 29.1 Å². The molecule has 2 N–H and O–H groups in total. The van der Waals surface area contributed by atoms with E-state index in [0.29, 0.717) is 10.7 Å². The van der Waals surface area contributed by atoms with E-state index >= 15 is 0 Å². The molecule has 2 fully saturated rings. The lowest BCUT2D eigenvalue weighted by Gasteiger charge is -2.25. The molecule has 1 aromatic rings. The average Bonchev–Trinajstić information content (AvgIpc) is 3.20. The molecule has 2 aliphatic rings. The Balaban J connectivity index is 1.51. The molecule has 124 valence electrons. The summed E-state index contributed by atoms with van der Waals surface area (Å²) in [5.41, 5.74) is 0.838. The van der Waals surface area contributed by atoms with Gasteiger partial charge in [0, 0.05) is 23.7 Å². The SMILES string of the molecule is CN(CC(=O)Nc1cccc(Cl)c1)C(=O)C1CC12CCNCC2. The Labute approximate surface area is 141 Å². The van der Waals surface area contributed by atoms with Crippen LogP contribution in [0.3, 0.4) is 0 Å². The number of anilines is 1. The number of carbonyl (C=O) groups excluding carboxylic acids is 2. The van der Waals surface area contributed by atoms with Crippen LogP contribution in [0.15, 0.2) is 24.3 Å². The smallest absolute Gasteiger partial charge is 0.243 e. The number of carbonyl (C=O) groups is 2. The summed E-state index contributed by atoms with van der Waals surface area (Å²) >= 11 is 5.90. The molecule has 1 aliphatic carbocycles. The number of nitrogens with one attached hydrogen (secondary N) is 2. The Bertz CT molecular complexity index is 614. The minimum Gasteiger partial charge on any atom is -0.336 e. The lowest BCUT2D eigenvalue weighted by Crippen LogP contribution is -2.38. The Kier molecular flexibility index (Phi) is 4.60. The van der Waals surface area contributed by atoms with Crippen LogP contribution in [0.5, 0.6) is 0 Å². The molecule has 6 heteroatoms. The quantitative estimate of drug-likeness (QED) is 0.886. The van der Waals surface area contributed by atoms with E-state index in [1.54, 1.807) is 36.2 Å². The molecule has 2 amide bonds. The van der Waals surface area contributed by atoms with Gasteiger partial charge in [-0.3, -0.25) is 9.59 Å².